The lowest BCUT2D eigenvalue weighted by atomic mass is 9.82. The average Bonchev–Trinajstić information content (AvgIpc) is 2.43. The Labute approximate surface area is 156 Å². The van der Waals surface area contributed by atoms with Gasteiger partial charge in [0.15, 0.2) is 0 Å². The number of hydrogen-bond acceptors (Lipinski definition) is 6. The SMILES string of the molecule is COC1OC(=O)C(c2c(C)cc(Cl)cc2Cl)=C(OS(C)(=O)=O)C1(C)C. The Balaban J connectivity index is 2.86. The fourth-order valence-corrected chi connectivity index (χ4v) is 3.99. The van der Waals surface area contributed by atoms with Crippen molar-refractivity contribution in [3.63, 3.8) is 0 Å². The van der Waals surface area contributed by atoms with E-state index in [0.717, 1.165) is 6.26 Å². The molecule has 1 heterocycles. The first kappa shape index (κ1) is 20.0. The summed E-state index contributed by atoms with van der Waals surface area (Å²) < 4.78 is 39.3. The van der Waals surface area contributed by atoms with Crippen LogP contribution in [-0.4, -0.2) is 34.0 Å². The van der Waals surface area contributed by atoms with Gasteiger partial charge in [-0.1, -0.05) is 23.2 Å². The minimum absolute atomic E-state index is 0.0668. The number of carbonyl (C=O) groups excluding carboxylic acids is 1. The van der Waals surface area contributed by atoms with E-state index in [4.69, 9.17) is 36.9 Å². The Morgan fingerprint density at radius 2 is 1.84 bits per heavy atom. The van der Waals surface area contributed by atoms with Gasteiger partial charge < -0.3 is 13.7 Å². The number of halogens is 2. The third-order valence-electron chi connectivity index (χ3n) is 3.77. The van der Waals surface area contributed by atoms with Crippen molar-refractivity contribution < 1.29 is 26.9 Å². The maximum Gasteiger partial charge on any atom is 0.344 e. The summed E-state index contributed by atoms with van der Waals surface area (Å²) in [6, 6.07) is 3.07. The number of esters is 1. The first-order chi connectivity index (χ1) is 11.4. The number of methoxy groups -OCH3 is 1. The first-order valence-electron chi connectivity index (χ1n) is 7.22. The summed E-state index contributed by atoms with van der Waals surface area (Å²) in [6.07, 6.45) is -0.127. The van der Waals surface area contributed by atoms with E-state index in [0.29, 0.717) is 16.1 Å². The third kappa shape index (κ3) is 3.95. The molecule has 1 aliphatic heterocycles. The fraction of sp³-hybridized carbons (Fsp3) is 0.438. The van der Waals surface area contributed by atoms with Crippen molar-refractivity contribution in [1.82, 2.24) is 0 Å². The van der Waals surface area contributed by atoms with Gasteiger partial charge in [0, 0.05) is 17.7 Å². The second-order valence-corrected chi connectivity index (χ2v) is 8.68. The number of rotatable bonds is 4. The van der Waals surface area contributed by atoms with Crippen LogP contribution < -0.4 is 0 Å². The van der Waals surface area contributed by atoms with Crippen molar-refractivity contribution in [2.75, 3.05) is 13.4 Å². The van der Waals surface area contributed by atoms with Crippen LogP contribution in [0.5, 0.6) is 0 Å². The summed E-state index contributed by atoms with van der Waals surface area (Å²) in [6.45, 7) is 4.99. The largest absolute Gasteiger partial charge is 0.431 e. The monoisotopic (exact) mass is 408 g/mol. The smallest absolute Gasteiger partial charge is 0.344 e. The van der Waals surface area contributed by atoms with Gasteiger partial charge in [-0.15, -0.1) is 0 Å². The average molecular weight is 409 g/mol. The van der Waals surface area contributed by atoms with Gasteiger partial charge in [-0.3, -0.25) is 0 Å². The lowest BCUT2D eigenvalue weighted by molar-refractivity contribution is -0.194. The minimum atomic E-state index is -3.91. The first-order valence-corrected chi connectivity index (χ1v) is 9.79. The Morgan fingerprint density at radius 3 is 2.32 bits per heavy atom. The molecule has 0 aliphatic carbocycles. The molecule has 25 heavy (non-hydrogen) atoms. The topological polar surface area (TPSA) is 78.9 Å². The Kier molecular flexibility index (Phi) is 5.45. The van der Waals surface area contributed by atoms with E-state index in [1.165, 1.54) is 13.2 Å². The summed E-state index contributed by atoms with van der Waals surface area (Å²) in [5.74, 6) is -0.887. The molecule has 0 spiro atoms. The molecule has 1 aromatic carbocycles. The Morgan fingerprint density at radius 1 is 1.24 bits per heavy atom. The highest BCUT2D eigenvalue weighted by Crippen LogP contribution is 2.46. The van der Waals surface area contributed by atoms with Crippen molar-refractivity contribution in [2.24, 2.45) is 5.41 Å². The molecule has 0 amide bonds. The standard InChI is InChI=1S/C16H18Cl2O6S/c1-8-6-9(17)7-10(18)11(8)12-13(24-25(5,20)21)16(2,3)15(22-4)23-14(12)19/h6-7,15H,1-5H3. The van der Waals surface area contributed by atoms with Crippen molar-refractivity contribution in [3.05, 3.63) is 39.1 Å². The lowest BCUT2D eigenvalue weighted by Gasteiger charge is -2.38. The van der Waals surface area contributed by atoms with Crippen molar-refractivity contribution in [1.29, 1.82) is 0 Å². The number of benzene rings is 1. The zero-order chi connectivity index (χ0) is 19.2. The van der Waals surface area contributed by atoms with E-state index in [1.807, 2.05) is 0 Å². The molecule has 0 saturated heterocycles. The molecule has 0 bridgehead atoms. The molecular weight excluding hydrogens is 391 g/mol. The molecule has 0 aromatic heterocycles. The number of hydrogen-bond donors (Lipinski definition) is 0. The predicted molar refractivity (Wildman–Crippen MR) is 94.7 cm³/mol. The lowest BCUT2D eigenvalue weighted by Crippen LogP contribution is -2.43. The van der Waals surface area contributed by atoms with Gasteiger partial charge in [-0.25, -0.2) is 4.79 Å². The molecule has 1 aliphatic rings. The van der Waals surface area contributed by atoms with Gasteiger partial charge in [0.25, 0.3) is 0 Å². The molecular formula is C16H18Cl2O6S. The molecule has 1 unspecified atom stereocenters. The molecule has 1 atom stereocenters. The van der Waals surface area contributed by atoms with Crippen LogP contribution in [0.15, 0.2) is 17.9 Å². The predicted octanol–water partition coefficient (Wildman–Crippen LogP) is 3.54. The van der Waals surface area contributed by atoms with Crippen LogP contribution in [0.3, 0.4) is 0 Å². The number of ether oxygens (including phenoxy) is 2. The fourth-order valence-electron chi connectivity index (χ4n) is 2.70. The van der Waals surface area contributed by atoms with E-state index in [2.05, 4.69) is 0 Å². The van der Waals surface area contributed by atoms with Gasteiger partial charge in [-0.05, 0) is 38.5 Å². The van der Waals surface area contributed by atoms with Crippen LogP contribution in [0.25, 0.3) is 5.57 Å². The van der Waals surface area contributed by atoms with Crippen LogP contribution in [-0.2, 0) is 28.6 Å². The van der Waals surface area contributed by atoms with Gasteiger partial charge in [0.1, 0.15) is 11.3 Å². The maximum atomic E-state index is 12.6. The number of carbonyl (C=O) groups is 1. The quantitative estimate of drug-likeness (QED) is 0.559. The van der Waals surface area contributed by atoms with Crippen LogP contribution >= 0.6 is 23.2 Å². The van der Waals surface area contributed by atoms with Gasteiger partial charge in [0.05, 0.1) is 16.7 Å². The second-order valence-electron chi connectivity index (χ2n) is 6.27. The van der Waals surface area contributed by atoms with Gasteiger partial charge in [0.2, 0.25) is 6.29 Å². The normalized spacial score (nSPS) is 20.4. The highest BCUT2D eigenvalue weighted by Gasteiger charge is 2.48. The van der Waals surface area contributed by atoms with Crippen molar-refractivity contribution >= 4 is 44.9 Å². The van der Waals surface area contributed by atoms with Crippen LogP contribution in [0.2, 0.25) is 10.0 Å². The van der Waals surface area contributed by atoms with Crippen LogP contribution in [0, 0.1) is 12.3 Å². The van der Waals surface area contributed by atoms with Gasteiger partial charge >= 0.3 is 16.1 Å². The number of cyclic esters (lactones) is 1. The van der Waals surface area contributed by atoms with E-state index in [1.54, 1.807) is 26.8 Å². The molecule has 138 valence electrons. The highest BCUT2D eigenvalue weighted by atomic mass is 35.5. The minimum Gasteiger partial charge on any atom is -0.431 e. The second kappa shape index (κ2) is 6.79. The Hall–Kier alpha value is -1.28. The zero-order valence-corrected chi connectivity index (χ0v) is 16.7. The third-order valence-corrected chi connectivity index (χ3v) is 4.76. The molecule has 1 aromatic rings. The Bertz CT molecular complexity index is 834. The zero-order valence-electron chi connectivity index (χ0n) is 14.3. The summed E-state index contributed by atoms with van der Waals surface area (Å²) in [4.78, 5) is 12.6. The van der Waals surface area contributed by atoms with Gasteiger partial charge in [-0.2, -0.15) is 8.42 Å². The molecule has 0 saturated carbocycles. The summed E-state index contributed by atoms with van der Waals surface area (Å²) in [5.41, 5.74) is -0.262. The maximum absolute atomic E-state index is 12.6. The number of aryl methyl sites for hydroxylation is 1. The molecule has 0 fully saturated rings. The van der Waals surface area contributed by atoms with Crippen LogP contribution in [0.4, 0.5) is 0 Å². The van der Waals surface area contributed by atoms with Crippen molar-refractivity contribution in [2.45, 2.75) is 27.1 Å². The molecule has 2 rings (SSSR count). The summed E-state index contributed by atoms with van der Waals surface area (Å²) in [7, 11) is -2.56. The van der Waals surface area contributed by atoms with E-state index in [9.17, 15) is 13.2 Å². The van der Waals surface area contributed by atoms with Crippen LogP contribution in [0.1, 0.15) is 25.0 Å². The highest BCUT2D eigenvalue weighted by molar-refractivity contribution is 7.86. The summed E-state index contributed by atoms with van der Waals surface area (Å²) >= 11 is 12.2. The molecule has 0 N–H and O–H groups in total. The summed E-state index contributed by atoms with van der Waals surface area (Å²) in [5, 5.41) is 0.564. The molecule has 9 heteroatoms. The molecule has 6 nitrogen and oxygen atoms in total. The van der Waals surface area contributed by atoms with E-state index in [-0.39, 0.29) is 16.4 Å². The van der Waals surface area contributed by atoms with E-state index >= 15 is 0 Å². The van der Waals surface area contributed by atoms with E-state index < -0.39 is 27.8 Å². The van der Waals surface area contributed by atoms with Crippen molar-refractivity contribution in [3.8, 4) is 0 Å². The molecule has 0 radical (unpaired) electrons.